The van der Waals surface area contributed by atoms with E-state index in [-0.39, 0.29) is 0 Å². The molecule has 0 saturated carbocycles. The average Bonchev–Trinajstić information content (AvgIpc) is 2.61. The standard InChI is InChI=1S/C8H8O2.C6H12FN.2C2H6/c9-7-10-6-8-4-2-1-3-5-8;1-8-4-2-6(7)3-5-8;2*1-2/h1-5,7H,6H2;6H,2-5H2,1H3;2*1-2H3. The molecular weight excluding hydrogens is 281 g/mol. The van der Waals surface area contributed by atoms with Gasteiger partial charge in [0, 0.05) is 13.1 Å². The van der Waals surface area contributed by atoms with E-state index in [1.807, 2.05) is 65.1 Å². The third-order valence-corrected chi connectivity index (χ3v) is 2.81. The van der Waals surface area contributed by atoms with Crippen LogP contribution in [0.3, 0.4) is 0 Å². The Kier molecular flexibility index (Phi) is 18.3. The number of carbonyl (C=O) groups is 1. The van der Waals surface area contributed by atoms with Gasteiger partial charge in [-0.25, -0.2) is 4.39 Å². The van der Waals surface area contributed by atoms with E-state index in [1.54, 1.807) is 0 Å². The summed E-state index contributed by atoms with van der Waals surface area (Å²) in [4.78, 5) is 11.9. The van der Waals surface area contributed by atoms with Crippen molar-refractivity contribution in [1.29, 1.82) is 0 Å². The maximum atomic E-state index is 12.3. The minimum atomic E-state index is -0.522. The Balaban J connectivity index is 0. The first-order valence-corrected chi connectivity index (χ1v) is 8.14. The zero-order valence-electron chi connectivity index (χ0n) is 14.7. The summed E-state index contributed by atoms with van der Waals surface area (Å²) in [6.07, 6.45) is 0.943. The van der Waals surface area contributed by atoms with Crippen LogP contribution in [-0.2, 0) is 16.1 Å². The van der Waals surface area contributed by atoms with Gasteiger partial charge in [-0.1, -0.05) is 58.0 Å². The first-order valence-electron chi connectivity index (χ1n) is 8.14. The van der Waals surface area contributed by atoms with Gasteiger partial charge in [0.2, 0.25) is 0 Å². The Morgan fingerprint density at radius 2 is 1.64 bits per heavy atom. The van der Waals surface area contributed by atoms with Gasteiger partial charge in [-0.05, 0) is 25.5 Å². The molecule has 22 heavy (non-hydrogen) atoms. The van der Waals surface area contributed by atoms with Crippen LogP contribution < -0.4 is 0 Å². The predicted molar refractivity (Wildman–Crippen MR) is 91.6 cm³/mol. The second-order valence-corrected chi connectivity index (χ2v) is 4.37. The van der Waals surface area contributed by atoms with Crippen LogP contribution in [0, 0.1) is 0 Å². The Hall–Kier alpha value is -1.42. The molecule has 0 unspecified atom stereocenters. The molecule has 1 saturated heterocycles. The quantitative estimate of drug-likeness (QED) is 0.772. The van der Waals surface area contributed by atoms with Crippen LogP contribution >= 0.6 is 0 Å². The highest BCUT2D eigenvalue weighted by molar-refractivity contribution is 5.37. The lowest BCUT2D eigenvalue weighted by Crippen LogP contribution is -2.30. The molecule has 1 fully saturated rings. The molecule has 0 radical (unpaired) electrons. The molecule has 0 bridgehead atoms. The fourth-order valence-corrected chi connectivity index (χ4v) is 1.68. The SMILES string of the molecule is CC.CC.CN1CCC(F)CC1.O=COCc1ccccc1. The maximum absolute atomic E-state index is 12.3. The highest BCUT2D eigenvalue weighted by Crippen LogP contribution is 2.10. The van der Waals surface area contributed by atoms with Crippen LogP contribution in [0.4, 0.5) is 4.39 Å². The molecule has 1 aliphatic rings. The van der Waals surface area contributed by atoms with Crippen molar-refractivity contribution in [3.8, 4) is 0 Å². The highest BCUT2D eigenvalue weighted by atomic mass is 19.1. The summed E-state index contributed by atoms with van der Waals surface area (Å²) in [6.45, 7) is 10.7. The van der Waals surface area contributed by atoms with E-state index in [1.165, 1.54) is 0 Å². The zero-order valence-corrected chi connectivity index (χ0v) is 14.7. The monoisotopic (exact) mass is 313 g/mol. The summed E-state index contributed by atoms with van der Waals surface area (Å²) >= 11 is 0. The van der Waals surface area contributed by atoms with Crippen LogP contribution in [0.1, 0.15) is 46.1 Å². The number of likely N-dealkylation sites (tertiary alicyclic amines) is 1. The van der Waals surface area contributed by atoms with Crippen LogP contribution in [0.15, 0.2) is 30.3 Å². The molecule has 1 aromatic carbocycles. The number of alkyl halides is 1. The van der Waals surface area contributed by atoms with Gasteiger partial charge < -0.3 is 9.64 Å². The number of hydrogen-bond donors (Lipinski definition) is 0. The molecule has 0 atom stereocenters. The van der Waals surface area contributed by atoms with Crippen molar-refractivity contribution >= 4 is 6.47 Å². The summed E-state index contributed by atoms with van der Waals surface area (Å²) in [5.41, 5.74) is 1.01. The third kappa shape index (κ3) is 13.6. The summed E-state index contributed by atoms with van der Waals surface area (Å²) in [5, 5.41) is 0. The molecule has 128 valence electrons. The Morgan fingerprint density at radius 3 is 2.05 bits per heavy atom. The smallest absolute Gasteiger partial charge is 0.293 e. The molecule has 1 heterocycles. The molecule has 0 amide bonds. The van der Waals surface area contributed by atoms with Gasteiger partial charge in [-0.2, -0.15) is 0 Å². The maximum Gasteiger partial charge on any atom is 0.293 e. The molecule has 0 N–H and O–H groups in total. The lowest BCUT2D eigenvalue weighted by Gasteiger charge is -2.23. The lowest BCUT2D eigenvalue weighted by molar-refractivity contribution is -0.129. The van der Waals surface area contributed by atoms with Gasteiger partial charge in [0.05, 0.1) is 0 Å². The van der Waals surface area contributed by atoms with Gasteiger partial charge in [-0.15, -0.1) is 0 Å². The van der Waals surface area contributed by atoms with Crippen molar-refractivity contribution < 1.29 is 13.9 Å². The van der Waals surface area contributed by atoms with Crippen molar-refractivity contribution in [2.75, 3.05) is 20.1 Å². The van der Waals surface area contributed by atoms with E-state index in [2.05, 4.69) is 9.64 Å². The summed E-state index contributed by atoms with van der Waals surface area (Å²) in [7, 11) is 2.03. The number of piperidine rings is 1. The fourth-order valence-electron chi connectivity index (χ4n) is 1.68. The number of benzene rings is 1. The van der Waals surface area contributed by atoms with Crippen molar-refractivity contribution in [3.05, 3.63) is 35.9 Å². The summed E-state index contributed by atoms with van der Waals surface area (Å²) in [6, 6.07) is 9.55. The van der Waals surface area contributed by atoms with Crippen LogP contribution in [0.2, 0.25) is 0 Å². The zero-order chi connectivity index (χ0) is 17.2. The Labute approximate surface area is 135 Å². The van der Waals surface area contributed by atoms with Gasteiger partial charge in [0.15, 0.2) is 0 Å². The molecule has 0 aliphatic carbocycles. The van der Waals surface area contributed by atoms with Gasteiger partial charge in [0.1, 0.15) is 12.8 Å². The van der Waals surface area contributed by atoms with E-state index < -0.39 is 6.17 Å². The van der Waals surface area contributed by atoms with Crippen LogP contribution in [0.25, 0.3) is 0 Å². The van der Waals surface area contributed by atoms with Gasteiger partial charge in [0.25, 0.3) is 6.47 Å². The first kappa shape index (κ1) is 22.9. The number of carbonyl (C=O) groups excluding carboxylic acids is 1. The van der Waals surface area contributed by atoms with E-state index in [9.17, 15) is 9.18 Å². The molecule has 4 heteroatoms. The lowest BCUT2D eigenvalue weighted by atomic mass is 10.1. The Morgan fingerprint density at radius 1 is 1.14 bits per heavy atom. The summed E-state index contributed by atoms with van der Waals surface area (Å²) < 4.78 is 16.9. The normalized spacial score (nSPS) is 14.1. The third-order valence-electron chi connectivity index (χ3n) is 2.81. The first-order chi connectivity index (χ1) is 10.7. The number of nitrogens with zero attached hydrogens (tertiary/aromatic N) is 1. The van der Waals surface area contributed by atoms with Crippen molar-refractivity contribution in [1.82, 2.24) is 4.90 Å². The predicted octanol–water partition coefficient (Wildman–Crippen LogP) is 4.46. The number of ether oxygens (including phenoxy) is 1. The molecular formula is C18H32FNO2. The highest BCUT2D eigenvalue weighted by Gasteiger charge is 2.14. The Bertz CT molecular complexity index is 315. The minimum absolute atomic E-state index is 0.365. The molecule has 1 aromatic rings. The molecule has 3 nitrogen and oxygen atoms in total. The largest absolute Gasteiger partial charge is 0.463 e. The average molecular weight is 313 g/mol. The number of rotatable bonds is 3. The second-order valence-electron chi connectivity index (χ2n) is 4.37. The minimum Gasteiger partial charge on any atom is -0.463 e. The molecule has 1 aliphatic heterocycles. The number of hydrogen-bond acceptors (Lipinski definition) is 3. The van der Waals surface area contributed by atoms with Crippen LogP contribution in [-0.4, -0.2) is 37.7 Å². The molecule has 2 rings (SSSR count). The van der Waals surface area contributed by atoms with E-state index in [0.29, 0.717) is 13.1 Å². The van der Waals surface area contributed by atoms with Crippen LogP contribution in [0.5, 0.6) is 0 Å². The van der Waals surface area contributed by atoms with E-state index in [4.69, 9.17) is 0 Å². The van der Waals surface area contributed by atoms with Gasteiger partial charge in [-0.3, -0.25) is 4.79 Å². The van der Waals surface area contributed by atoms with Crippen molar-refractivity contribution in [2.45, 2.75) is 53.3 Å². The second kappa shape index (κ2) is 17.6. The summed E-state index contributed by atoms with van der Waals surface area (Å²) in [5.74, 6) is 0. The van der Waals surface area contributed by atoms with Crippen molar-refractivity contribution in [2.24, 2.45) is 0 Å². The van der Waals surface area contributed by atoms with Gasteiger partial charge >= 0.3 is 0 Å². The number of halogens is 1. The molecule has 0 aromatic heterocycles. The topological polar surface area (TPSA) is 29.5 Å². The van der Waals surface area contributed by atoms with E-state index >= 15 is 0 Å². The molecule has 0 spiro atoms. The fraction of sp³-hybridized carbons (Fsp3) is 0.611. The van der Waals surface area contributed by atoms with E-state index in [0.717, 1.165) is 31.5 Å². The van der Waals surface area contributed by atoms with Crippen molar-refractivity contribution in [3.63, 3.8) is 0 Å².